The average molecular weight is 230 g/mol. The van der Waals surface area contributed by atoms with Crippen molar-refractivity contribution in [2.75, 3.05) is 7.05 Å². The lowest BCUT2D eigenvalue weighted by molar-refractivity contribution is 0.0959. The number of fused-ring (bicyclic) bond motifs is 1. The Morgan fingerprint density at radius 3 is 2.53 bits per heavy atom. The van der Waals surface area contributed by atoms with E-state index >= 15 is 0 Å². The second-order valence-corrected chi connectivity index (χ2v) is 5.31. The van der Waals surface area contributed by atoms with Gasteiger partial charge in [0.25, 0.3) is 5.91 Å². The molecule has 2 aromatic rings. The van der Waals surface area contributed by atoms with Gasteiger partial charge in [0.15, 0.2) is 0 Å². The first-order valence-corrected chi connectivity index (χ1v) is 5.77. The van der Waals surface area contributed by atoms with Crippen LogP contribution in [0.25, 0.3) is 10.9 Å². The fourth-order valence-corrected chi connectivity index (χ4v) is 1.85. The van der Waals surface area contributed by atoms with Crippen LogP contribution in [0.2, 0.25) is 0 Å². The number of rotatable bonds is 1. The number of aromatic amines is 1. The molecule has 0 aliphatic carbocycles. The minimum absolute atomic E-state index is 0.0847. The standard InChI is InChI=1S/C14H18N2O/c1-14(2,3)10-6-5-9-7-12(13(17)15-4)16-11(9)8-10/h5-8,16H,1-4H3,(H,15,17). The number of H-pyrrole nitrogens is 1. The Morgan fingerprint density at radius 2 is 1.94 bits per heavy atom. The summed E-state index contributed by atoms with van der Waals surface area (Å²) >= 11 is 0. The number of carbonyl (C=O) groups excluding carboxylic acids is 1. The van der Waals surface area contributed by atoms with Crippen molar-refractivity contribution in [1.29, 1.82) is 0 Å². The number of hydrogen-bond donors (Lipinski definition) is 2. The second-order valence-electron chi connectivity index (χ2n) is 5.31. The SMILES string of the molecule is CNC(=O)c1cc2ccc(C(C)(C)C)cc2[nH]1. The van der Waals surface area contributed by atoms with Crippen molar-refractivity contribution >= 4 is 16.8 Å². The summed E-state index contributed by atoms with van der Waals surface area (Å²) in [5.74, 6) is -0.0847. The van der Waals surface area contributed by atoms with Crippen molar-refractivity contribution in [2.45, 2.75) is 26.2 Å². The Balaban J connectivity index is 2.52. The lowest BCUT2D eigenvalue weighted by atomic mass is 9.87. The predicted molar refractivity (Wildman–Crippen MR) is 70.4 cm³/mol. The summed E-state index contributed by atoms with van der Waals surface area (Å²) in [6.07, 6.45) is 0. The summed E-state index contributed by atoms with van der Waals surface area (Å²) < 4.78 is 0. The smallest absolute Gasteiger partial charge is 0.267 e. The number of carbonyl (C=O) groups is 1. The minimum atomic E-state index is -0.0847. The van der Waals surface area contributed by atoms with Gasteiger partial charge in [0.1, 0.15) is 5.69 Å². The minimum Gasteiger partial charge on any atom is -0.354 e. The van der Waals surface area contributed by atoms with Gasteiger partial charge in [-0.3, -0.25) is 4.79 Å². The van der Waals surface area contributed by atoms with Crippen LogP contribution in [-0.4, -0.2) is 17.9 Å². The first-order valence-electron chi connectivity index (χ1n) is 5.77. The van der Waals surface area contributed by atoms with Crippen LogP contribution in [0.4, 0.5) is 0 Å². The summed E-state index contributed by atoms with van der Waals surface area (Å²) in [6, 6.07) is 8.16. The molecule has 0 fully saturated rings. The molecule has 0 saturated carbocycles. The normalized spacial score (nSPS) is 11.8. The van der Waals surface area contributed by atoms with Gasteiger partial charge in [0, 0.05) is 18.0 Å². The first-order chi connectivity index (χ1) is 7.91. The Hall–Kier alpha value is -1.77. The molecule has 1 aromatic carbocycles. The molecule has 1 aromatic heterocycles. The molecule has 2 N–H and O–H groups in total. The zero-order valence-corrected chi connectivity index (χ0v) is 10.7. The van der Waals surface area contributed by atoms with Crippen LogP contribution in [-0.2, 0) is 5.41 Å². The molecule has 0 spiro atoms. The van der Waals surface area contributed by atoms with Crippen molar-refractivity contribution in [2.24, 2.45) is 0 Å². The van der Waals surface area contributed by atoms with Gasteiger partial charge in [-0.25, -0.2) is 0 Å². The number of hydrogen-bond acceptors (Lipinski definition) is 1. The number of aromatic nitrogens is 1. The van der Waals surface area contributed by atoms with E-state index in [4.69, 9.17) is 0 Å². The van der Waals surface area contributed by atoms with Crippen LogP contribution < -0.4 is 5.32 Å². The highest BCUT2D eigenvalue weighted by Gasteiger charge is 2.15. The van der Waals surface area contributed by atoms with E-state index in [0.29, 0.717) is 5.69 Å². The van der Waals surface area contributed by atoms with Crippen LogP contribution in [0.5, 0.6) is 0 Å². The van der Waals surface area contributed by atoms with Crippen molar-refractivity contribution in [1.82, 2.24) is 10.3 Å². The second kappa shape index (κ2) is 3.91. The highest BCUT2D eigenvalue weighted by molar-refractivity contribution is 5.97. The lowest BCUT2D eigenvalue weighted by Crippen LogP contribution is -2.17. The Morgan fingerprint density at radius 1 is 1.24 bits per heavy atom. The number of nitrogens with one attached hydrogen (secondary N) is 2. The molecule has 0 aliphatic rings. The summed E-state index contributed by atoms with van der Waals surface area (Å²) in [7, 11) is 1.63. The van der Waals surface area contributed by atoms with E-state index in [1.807, 2.05) is 6.07 Å². The molecule has 1 heterocycles. The maximum absolute atomic E-state index is 11.5. The van der Waals surface area contributed by atoms with E-state index in [1.54, 1.807) is 7.05 Å². The zero-order valence-electron chi connectivity index (χ0n) is 10.7. The topological polar surface area (TPSA) is 44.9 Å². The van der Waals surface area contributed by atoms with E-state index in [0.717, 1.165) is 10.9 Å². The third-order valence-corrected chi connectivity index (χ3v) is 2.96. The van der Waals surface area contributed by atoms with Crippen LogP contribution in [0.15, 0.2) is 24.3 Å². The fraction of sp³-hybridized carbons (Fsp3) is 0.357. The molecule has 3 heteroatoms. The zero-order chi connectivity index (χ0) is 12.6. The van der Waals surface area contributed by atoms with Gasteiger partial charge in [-0.15, -0.1) is 0 Å². The van der Waals surface area contributed by atoms with Crippen LogP contribution in [0.1, 0.15) is 36.8 Å². The highest BCUT2D eigenvalue weighted by Crippen LogP contribution is 2.26. The summed E-state index contributed by atoms with van der Waals surface area (Å²) in [5, 5.41) is 3.68. The molecule has 1 amide bonds. The van der Waals surface area contributed by atoms with Crippen LogP contribution in [0, 0.1) is 0 Å². The molecule has 2 rings (SSSR count). The van der Waals surface area contributed by atoms with E-state index in [1.165, 1.54) is 5.56 Å². The number of benzene rings is 1. The fourth-order valence-electron chi connectivity index (χ4n) is 1.85. The molecule has 0 unspecified atom stereocenters. The largest absolute Gasteiger partial charge is 0.354 e. The molecule has 90 valence electrons. The molecule has 0 saturated heterocycles. The first kappa shape index (κ1) is 11.7. The van der Waals surface area contributed by atoms with Crippen molar-refractivity contribution in [3.63, 3.8) is 0 Å². The quantitative estimate of drug-likeness (QED) is 0.777. The van der Waals surface area contributed by atoms with Crippen molar-refractivity contribution in [3.8, 4) is 0 Å². The van der Waals surface area contributed by atoms with Crippen LogP contribution in [0.3, 0.4) is 0 Å². The van der Waals surface area contributed by atoms with Gasteiger partial charge >= 0.3 is 0 Å². The Bertz CT molecular complexity index is 561. The van der Waals surface area contributed by atoms with Crippen molar-refractivity contribution in [3.05, 3.63) is 35.5 Å². The summed E-state index contributed by atoms with van der Waals surface area (Å²) in [6.45, 7) is 6.53. The molecular weight excluding hydrogens is 212 g/mol. The molecule has 0 atom stereocenters. The van der Waals surface area contributed by atoms with Gasteiger partial charge in [-0.2, -0.15) is 0 Å². The summed E-state index contributed by atoms with van der Waals surface area (Å²) in [5.41, 5.74) is 2.99. The maximum atomic E-state index is 11.5. The van der Waals surface area contributed by atoms with Crippen molar-refractivity contribution < 1.29 is 4.79 Å². The maximum Gasteiger partial charge on any atom is 0.267 e. The summed E-state index contributed by atoms with van der Waals surface area (Å²) in [4.78, 5) is 14.7. The van der Waals surface area contributed by atoms with Gasteiger partial charge in [-0.05, 0) is 23.1 Å². The molecular formula is C14H18N2O. The molecule has 0 radical (unpaired) electrons. The van der Waals surface area contributed by atoms with Gasteiger partial charge in [0.05, 0.1) is 0 Å². The molecule has 3 nitrogen and oxygen atoms in total. The average Bonchev–Trinajstić information content (AvgIpc) is 2.69. The molecule has 0 aliphatic heterocycles. The highest BCUT2D eigenvalue weighted by atomic mass is 16.1. The van der Waals surface area contributed by atoms with E-state index in [-0.39, 0.29) is 11.3 Å². The Labute approximate surface area is 101 Å². The monoisotopic (exact) mass is 230 g/mol. The predicted octanol–water partition coefficient (Wildman–Crippen LogP) is 2.83. The van der Waals surface area contributed by atoms with Gasteiger partial charge in [0.2, 0.25) is 0 Å². The van der Waals surface area contributed by atoms with E-state index < -0.39 is 0 Å². The third kappa shape index (κ3) is 2.18. The van der Waals surface area contributed by atoms with Gasteiger partial charge < -0.3 is 10.3 Å². The van der Waals surface area contributed by atoms with E-state index in [9.17, 15) is 4.79 Å². The van der Waals surface area contributed by atoms with Gasteiger partial charge in [-0.1, -0.05) is 32.9 Å². The number of amides is 1. The molecule has 17 heavy (non-hydrogen) atoms. The van der Waals surface area contributed by atoms with E-state index in [2.05, 4.69) is 49.3 Å². The van der Waals surface area contributed by atoms with Crippen LogP contribution >= 0.6 is 0 Å². The molecule has 0 bridgehead atoms. The lowest BCUT2D eigenvalue weighted by Gasteiger charge is -2.18. The Kier molecular flexibility index (Phi) is 2.69. The third-order valence-electron chi connectivity index (χ3n) is 2.96.